The summed E-state index contributed by atoms with van der Waals surface area (Å²) in [5, 5.41) is 5.06. The van der Waals surface area contributed by atoms with Gasteiger partial charge in [-0.25, -0.2) is 0 Å². The Morgan fingerprint density at radius 1 is 1.28 bits per heavy atom. The van der Waals surface area contributed by atoms with E-state index in [2.05, 4.69) is 26.1 Å². The number of alkyl halides is 3. The first-order chi connectivity index (χ1) is 8.38. The fourth-order valence-corrected chi connectivity index (χ4v) is 1.99. The van der Waals surface area contributed by atoms with Crippen molar-refractivity contribution in [1.82, 2.24) is 10.2 Å². The van der Waals surface area contributed by atoms with Crippen LogP contribution in [0.15, 0.2) is 22.7 Å². The summed E-state index contributed by atoms with van der Waals surface area (Å²) < 4.78 is 42.6. The number of rotatable bonds is 2. The second kappa shape index (κ2) is 4.73. The number of benzene rings is 1. The summed E-state index contributed by atoms with van der Waals surface area (Å²) in [5.74, 6) is 0.278. The van der Waals surface area contributed by atoms with Gasteiger partial charge in [0.1, 0.15) is 5.75 Å². The van der Waals surface area contributed by atoms with Crippen LogP contribution in [0.3, 0.4) is 0 Å². The molecule has 1 heterocycles. The lowest BCUT2D eigenvalue weighted by Gasteiger charge is -2.05. The Kier molecular flexibility index (Phi) is 3.44. The fraction of sp³-hybridized carbons (Fsp3) is 0.111. The van der Waals surface area contributed by atoms with Crippen LogP contribution in [0.2, 0.25) is 0 Å². The number of nitrogens with zero attached hydrogens (tertiary/aromatic N) is 2. The Morgan fingerprint density at radius 3 is 2.61 bits per heavy atom. The van der Waals surface area contributed by atoms with E-state index in [0.717, 1.165) is 0 Å². The van der Waals surface area contributed by atoms with Gasteiger partial charge in [0.2, 0.25) is 5.01 Å². The van der Waals surface area contributed by atoms with Crippen molar-refractivity contribution in [2.45, 2.75) is 6.18 Å². The third kappa shape index (κ3) is 2.72. The first kappa shape index (κ1) is 13.1. The molecule has 0 amide bonds. The molecule has 18 heavy (non-hydrogen) atoms. The zero-order valence-corrected chi connectivity index (χ0v) is 10.9. The molecule has 0 saturated heterocycles. The van der Waals surface area contributed by atoms with Gasteiger partial charge >= 0.3 is 6.18 Å². The molecule has 2 aromatic rings. The van der Waals surface area contributed by atoms with Gasteiger partial charge in [-0.1, -0.05) is 22.5 Å². The van der Waals surface area contributed by atoms with E-state index in [-0.39, 0.29) is 10.9 Å². The van der Waals surface area contributed by atoms with Crippen molar-refractivity contribution in [2.24, 2.45) is 0 Å². The van der Waals surface area contributed by atoms with Crippen LogP contribution in [-0.4, -0.2) is 10.2 Å². The van der Waals surface area contributed by atoms with E-state index in [1.807, 2.05) is 0 Å². The summed E-state index contributed by atoms with van der Waals surface area (Å²) in [5.41, 5.74) is 6.02. The third-order valence-corrected chi connectivity index (χ3v) is 3.53. The highest BCUT2D eigenvalue weighted by atomic mass is 79.9. The molecule has 0 radical (unpaired) electrons. The molecule has 0 aliphatic heterocycles. The van der Waals surface area contributed by atoms with Crippen LogP contribution in [-0.2, 0) is 6.18 Å². The Hall–Kier alpha value is -1.35. The summed E-state index contributed by atoms with van der Waals surface area (Å²) in [6.07, 6.45) is -4.52. The van der Waals surface area contributed by atoms with E-state index in [0.29, 0.717) is 21.5 Å². The second-order valence-electron chi connectivity index (χ2n) is 3.13. The summed E-state index contributed by atoms with van der Waals surface area (Å²) in [6.45, 7) is 0. The maximum absolute atomic E-state index is 12.3. The van der Waals surface area contributed by atoms with Crippen molar-refractivity contribution in [3.63, 3.8) is 0 Å². The van der Waals surface area contributed by atoms with Crippen LogP contribution in [0, 0.1) is 0 Å². The Morgan fingerprint density at radius 2 is 2.00 bits per heavy atom. The highest BCUT2D eigenvalue weighted by Crippen LogP contribution is 2.38. The molecule has 0 spiro atoms. The SMILES string of the molecule is Nc1cccc(Oc2nnc(C(F)(F)F)s2)c1Br. The maximum Gasteiger partial charge on any atom is 0.445 e. The highest BCUT2D eigenvalue weighted by Gasteiger charge is 2.36. The smallest absolute Gasteiger partial charge is 0.429 e. The molecule has 2 N–H and O–H groups in total. The van der Waals surface area contributed by atoms with Gasteiger partial charge in [-0.15, -0.1) is 5.10 Å². The average molecular weight is 340 g/mol. The number of hydrogen-bond acceptors (Lipinski definition) is 5. The van der Waals surface area contributed by atoms with Crippen LogP contribution < -0.4 is 10.5 Å². The van der Waals surface area contributed by atoms with E-state index >= 15 is 0 Å². The quantitative estimate of drug-likeness (QED) is 0.847. The maximum atomic E-state index is 12.3. The Labute approximate surface area is 112 Å². The van der Waals surface area contributed by atoms with Crippen molar-refractivity contribution in [1.29, 1.82) is 0 Å². The Balaban J connectivity index is 2.24. The van der Waals surface area contributed by atoms with Gasteiger partial charge in [0.15, 0.2) is 0 Å². The van der Waals surface area contributed by atoms with Crippen molar-refractivity contribution >= 4 is 33.0 Å². The van der Waals surface area contributed by atoms with Gasteiger partial charge in [0.25, 0.3) is 5.19 Å². The third-order valence-electron chi connectivity index (χ3n) is 1.84. The van der Waals surface area contributed by atoms with Crippen LogP contribution >= 0.6 is 27.3 Å². The average Bonchev–Trinajstić information content (AvgIpc) is 2.73. The minimum atomic E-state index is -4.52. The number of halogens is 4. The van der Waals surface area contributed by atoms with Crippen LogP contribution in [0.1, 0.15) is 5.01 Å². The lowest BCUT2D eigenvalue weighted by molar-refractivity contribution is -0.138. The molecule has 4 nitrogen and oxygen atoms in total. The van der Waals surface area contributed by atoms with Crippen molar-refractivity contribution in [3.05, 3.63) is 27.7 Å². The zero-order chi connectivity index (χ0) is 13.3. The molecule has 1 aromatic carbocycles. The fourth-order valence-electron chi connectivity index (χ4n) is 1.07. The van der Waals surface area contributed by atoms with Crippen LogP contribution in [0.25, 0.3) is 0 Å². The summed E-state index contributed by atoms with van der Waals surface area (Å²) in [4.78, 5) is 0. The number of aromatic nitrogens is 2. The van der Waals surface area contributed by atoms with E-state index in [1.165, 1.54) is 0 Å². The lowest BCUT2D eigenvalue weighted by atomic mass is 10.3. The van der Waals surface area contributed by atoms with Crippen LogP contribution in [0.4, 0.5) is 18.9 Å². The summed E-state index contributed by atoms with van der Waals surface area (Å²) in [7, 11) is 0. The highest BCUT2D eigenvalue weighted by molar-refractivity contribution is 9.10. The first-order valence-corrected chi connectivity index (χ1v) is 6.11. The second-order valence-corrected chi connectivity index (χ2v) is 4.87. The predicted octanol–water partition coefficient (Wildman–Crippen LogP) is 3.69. The number of ether oxygens (including phenoxy) is 1. The molecule has 0 aliphatic rings. The van der Waals surface area contributed by atoms with Gasteiger partial charge in [0.05, 0.1) is 4.47 Å². The zero-order valence-electron chi connectivity index (χ0n) is 8.53. The molecule has 0 saturated carbocycles. The monoisotopic (exact) mass is 339 g/mol. The lowest BCUT2D eigenvalue weighted by Crippen LogP contribution is -2.03. The molecule has 9 heteroatoms. The van der Waals surface area contributed by atoms with Gasteiger partial charge in [-0.3, -0.25) is 0 Å². The minimum absolute atomic E-state index is 0.200. The molecule has 96 valence electrons. The molecule has 0 aliphatic carbocycles. The molecule has 0 atom stereocenters. The number of nitrogens with two attached hydrogens (primary N) is 1. The van der Waals surface area contributed by atoms with Crippen molar-refractivity contribution < 1.29 is 17.9 Å². The summed E-state index contributed by atoms with van der Waals surface area (Å²) >= 11 is 3.49. The van der Waals surface area contributed by atoms with Gasteiger partial charge in [-0.2, -0.15) is 13.2 Å². The molecule has 0 fully saturated rings. The van der Waals surface area contributed by atoms with Crippen molar-refractivity contribution in [3.8, 4) is 10.9 Å². The van der Waals surface area contributed by atoms with Crippen molar-refractivity contribution in [2.75, 3.05) is 5.73 Å². The molecular formula is C9H5BrF3N3OS. The molecule has 1 aromatic heterocycles. The number of anilines is 1. The number of hydrogen-bond donors (Lipinski definition) is 1. The summed E-state index contributed by atoms with van der Waals surface area (Å²) in [6, 6.07) is 4.79. The van der Waals surface area contributed by atoms with Crippen LogP contribution in [0.5, 0.6) is 10.9 Å². The molecule has 0 unspecified atom stereocenters. The standard InChI is InChI=1S/C9H5BrF3N3OS/c10-6-4(14)2-1-3-5(6)17-8-16-15-7(18-8)9(11,12)13/h1-3H,14H2. The van der Waals surface area contributed by atoms with Gasteiger partial charge in [-0.05, 0) is 28.1 Å². The van der Waals surface area contributed by atoms with Gasteiger partial charge in [0, 0.05) is 5.69 Å². The Bertz CT molecular complexity index is 572. The number of nitrogen functional groups attached to an aromatic ring is 1. The normalized spacial score (nSPS) is 11.6. The van der Waals surface area contributed by atoms with E-state index in [1.54, 1.807) is 18.2 Å². The molecule has 0 bridgehead atoms. The van der Waals surface area contributed by atoms with E-state index in [4.69, 9.17) is 10.5 Å². The predicted molar refractivity (Wildman–Crippen MR) is 63.5 cm³/mol. The largest absolute Gasteiger partial charge is 0.445 e. The molecular weight excluding hydrogens is 335 g/mol. The first-order valence-electron chi connectivity index (χ1n) is 4.50. The molecule has 2 rings (SSSR count). The van der Waals surface area contributed by atoms with Gasteiger partial charge < -0.3 is 10.5 Å². The minimum Gasteiger partial charge on any atom is -0.429 e. The van der Waals surface area contributed by atoms with E-state index in [9.17, 15) is 13.2 Å². The van der Waals surface area contributed by atoms with E-state index < -0.39 is 11.2 Å². The topological polar surface area (TPSA) is 61.0 Å².